The number of nitrogens with zero attached hydrogens (tertiary/aromatic N) is 2. The van der Waals surface area contributed by atoms with Crippen LogP contribution in [-0.4, -0.2) is 4.98 Å². The SMILES string of the molecule is CC(NCc1cccnc1C#N)c1cccc(Cl)c1. The second kappa shape index (κ2) is 6.33. The normalized spacial score (nSPS) is 11.8. The fourth-order valence-electron chi connectivity index (χ4n) is 1.84. The molecule has 1 unspecified atom stereocenters. The molecule has 0 aliphatic heterocycles. The van der Waals surface area contributed by atoms with E-state index in [1.54, 1.807) is 6.20 Å². The molecule has 19 heavy (non-hydrogen) atoms. The van der Waals surface area contributed by atoms with Crippen LogP contribution < -0.4 is 5.32 Å². The van der Waals surface area contributed by atoms with Gasteiger partial charge in [0.05, 0.1) is 0 Å². The first-order valence-electron chi connectivity index (χ1n) is 6.03. The first kappa shape index (κ1) is 13.5. The second-order valence-electron chi connectivity index (χ2n) is 4.28. The predicted octanol–water partition coefficient (Wildman–Crippen LogP) is 3.46. The lowest BCUT2D eigenvalue weighted by Gasteiger charge is -2.14. The third-order valence-corrected chi connectivity index (χ3v) is 3.18. The van der Waals surface area contributed by atoms with Crippen molar-refractivity contribution >= 4 is 11.6 Å². The molecule has 0 saturated carbocycles. The van der Waals surface area contributed by atoms with Crippen molar-refractivity contribution < 1.29 is 0 Å². The van der Waals surface area contributed by atoms with E-state index < -0.39 is 0 Å². The van der Waals surface area contributed by atoms with Crippen LogP contribution in [0.4, 0.5) is 0 Å². The highest BCUT2D eigenvalue weighted by atomic mass is 35.5. The molecular formula is C15H14ClN3. The van der Waals surface area contributed by atoms with E-state index >= 15 is 0 Å². The maximum atomic E-state index is 8.98. The van der Waals surface area contributed by atoms with E-state index in [1.807, 2.05) is 36.4 Å². The maximum absolute atomic E-state index is 8.98. The van der Waals surface area contributed by atoms with Crippen molar-refractivity contribution in [1.29, 1.82) is 5.26 Å². The summed E-state index contributed by atoms with van der Waals surface area (Å²) in [7, 11) is 0. The van der Waals surface area contributed by atoms with Crippen molar-refractivity contribution in [3.8, 4) is 6.07 Å². The lowest BCUT2D eigenvalue weighted by atomic mass is 10.1. The number of benzene rings is 1. The smallest absolute Gasteiger partial charge is 0.144 e. The molecule has 1 aromatic carbocycles. The van der Waals surface area contributed by atoms with Crippen LogP contribution in [0.3, 0.4) is 0 Å². The Morgan fingerprint density at radius 3 is 2.95 bits per heavy atom. The molecule has 0 aliphatic rings. The lowest BCUT2D eigenvalue weighted by molar-refractivity contribution is 0.573. The van der Waals surface area contributed by atoms with E-state index in [0.717, 1.165) is 16.1 Å². The Hall–Kier alpha value is -1.89. The van der Waals surface area contributed by atoms with Crippen LogP contribution >= 0.6 is 11.6 Å². The molecule has 0 bridgehead atoms. The van der Waals surface area contributed by atoms with Gasteiger partial charge in [0.15, 0.2) is 0 Å². The van der Waals surface area contributed by atoms with Crippen molar-refractivity contribution in [2.24, 2.45) is 0 Å². The summed E-state index contributed by atoms with van der Waals surface area (Å²) >= 11 is 5.97. The molecule has 2 rings (SSSR count). The maximum Gasteiger partial charge on any atom is 0.144 e. The Morgan fingerprint density at radius 2 is 2.21 bits per heavy atom. The zero-order valence-electron chi connectivity index (χ0n) is 10.6. The molecule has 4 heteroatoms. The molecule has 0 fully saturated rings. The van der Waals surface area contributed by atoms with E-state index in [9.17, 15) is 0 Å². The third kappa shape index (κ3) is 3.54. The summed E-state index contributed by atoms with van der Waals surface area (Å²) in [6.07, 6.45) is 1.63. The summed E-state index contributed by atoms with van der Waals surface area (Å²) in [6, 6.07) is 13.7. The highest BCUT2D eigenvalue weighted by molar-refractivity contribution is 6.30. The van der Waals surface area contributed by atoms with Gasteiger partial charge in [-0.1, -0.05) is 29.8 Å². The number of halogens is 1. The first-order chi connectivity index (χ1) is 9.20. The molecule has 1 atom stereocenters. The van der Waals surface area contributed by atoms with Gasteiger partial charge in [0, 0.05) is 29.4 Å². The van der Waals surface area contributed by atoms with Gasteiger partial charge in [0.2, 0.25) is 0 Å². The number of aromatic nitrogens is 1. The van der Waals surface area contributed by atoms with Crippen molar-refractivity contribution in [1.82, 2.24) is 10.3 Å². The van der Waals surface area contributed by atoms with Gasteiger partial charge in [0.25, 0.3) is 0 Å². The summed E-state index contributed by atoms with van der Waals surface area (Å²) in [6.45, 7) is 2.67. The van der Waals surface area contributed by atoms with Crippen molar-refractivity contribution in [2.45, 2.75) is 19.5 Å². The van der Waals surface area contributed by atoms with Gasteiger partial charge in [0.1, 0.15) is 11.8 Å². The lowest BCUT2D eigenvalue weighted by Crippen LogP contribution is -2.18. The minimum absolute atomic E-state index is 0.158. The molecule has 1 aromatic heterocycles. The van der Waals surface area contributed by atoms with Gasteiger partial charge >= 0.3 is 0 Å². The number of rotatable bonds is 4. The van der Waals surface area contributed by atoms with E-state index in [-0.39, 0.29) is 6.04 Å². The molecule has 0 saturated heterocycles. The van der Waals surface area contributed by atoms with Gasteiger partial charge < -0.3 is 5.32 Å². The van der Waals surface area contributed by atoms with E-state index in [4.69, 9.17) is 16.9 Å². The Bertz CT molecular complexity index is 604. The molecule has 1 N–H and O–H groups in total. The van der Waals surface area contributed by atoms with Crippen LogP contribution in [0.15, 0.2) is 42.6 Å². The van der Waals surface area contributed by atoms with Gasteiger partial charge in [-0.3, -0.25) is 0 Å². The van der Waals surface area contributed by atoms with E-state index in [0.29, 0.717) is 12.2 Å². The number of hydrogen-bond acceptors (Lipinski definition) is 3. The summed E-state index contributed by atoms with van der Waals surface area (Å²) in [4.78, 5) is 4.04. The average molecular weight is 272 g/mol. The van der Waals surface area contributed by atoms with E-state index in [2.05, 4.69) is 23.3 Å². The van der Waals surface area contributed by atoms with Crippen molar-refractivity contribution in [3.63, 3.8) is 0 Å². The predicted molar refractivity (Wildman–Crippen MR) is 75.7 cm³/mol. The molecule has 1 heterocycles. The highest BCUT2D eigenvalue weighted by Gasteiger charge is 2.07. The Morgan fingerprint density at radius 1 is 1.37 bits per heavy atom. The number of pyridine rings is 1. The van der Waals surface area contributed by atoms with Crippen LogP contribution in [0.25, 0.3) is 0 Å². The number of nitriles is 1. The van der Waals surface area contributed by atoms with Gasteiger partial charge in [-0.05, 0) is 30.7 Å². The number of nitrogens with one attached hydrogen (secondary N) is 1. The summed E-state index contributed by atoms with van der Waals surface area (Å²) in [5, 5.41) is 13.1. The zero-order chi connectivity index (χ0) is 13.7. The Kier molecular flexibility index (Phi) is 4.51. The third-order valence-electron chi connectivity index (χ3n) is 2.94. The zero-order valence-corrected chi connectivity index (χ0v) is 11.4. The van der Waals surface area contributed by atoms with Crippen LogP contribution in [-0.2, 0) is 6.54 Å². The van der Waals surface area contributed by atoms with Crippen molar-refractivity contribution in [3.05, 3.63) is 64.4 Å². The highest BCUT2D eigenvalue weighted by Crippen LogP contribution is 2.18. The van der Waals surface area contributed by atoms with Crippen LogP contribution in [0.2, 0.25) is 5.02 Å². The summed E-state index contributed by atoms with van der Waals surface area (Å²) in [5.74, 6) is 0. The van der Waals surface area contributed by atoms with Crippen molar-refractivity contribution in [2.75, 3.05) is 0 Å². The topological polar surface area (TPSA) is 48.7 Å². The fraction of sp³-hybridized carbons (Fsp3) is 0.200. The monoisotopic (exact) mass is 271 g/mol. The Labute approximate surface area is 117 Å². The molecule has 3 nitrogen and oxygen atoms in total. The first-order valence-corrected chi connectivity index (χ1v) is 6.41. The molecule has 0 spiro atoms. The fourth-order valence-corrected chi connectivity index (χ4v) is 2.04. The quantitative estimate of drug-likeness (QED) is 0.926. The van der Waals surface area contributed by atoms with E-state index in [1.165, 1.54) is 0 Å². The van der Waals surface area contributed by atoms with Crippen LogP contribution in [0, 0.1) is 11.3 Å². The Balaban J connectivity index is 2.05. The second-order valence-corrected chi connectivity index (χ2v) is 4.72. The standard InChI is InChI=1S/C15H14ClN3/c1-11(12-4-2-6-14(16)8-12)19-10-13-5-3-7-18-15(13)9-17/h2-8,11,19H,10H2,1H3. The van der Waals surface area contributed by atoms with Gasteiger partial charge in [-0.2, -0.15) is 5.26 Å². The van der Waals surface area contributed by atoms with Crippen LogP contribution in [0.1, 0.15) is 29.8 Å². The summed E-state index contributed by atoms with van der Waals surface area (Å²) < 4.78 is 0. The van der Waals surface area contributed by atoms with Crippen LogP contribution in [0.5, 0.6) is 0 Å². The molecule has 0 radical (unpaired) electrons. The largest absolute Gasteiger partial charge is 0.306 e. The molecule has 96 valence electrons. The average Bonchev–Trinajstić information content (AvgIpc) is 2.45. The van der Waals surface area contributed by atoms with Gasteiger partial charge in [-0.15, -0.1) is 0 Å². The summed E-state index contributed by atoms with van der Waals surface area (Å²) in [5.41, 5.74) is 2.49. The molecule has 0 amide bonds. The molecule has 0 aliphatic carbocycles. The minimum Gasteiger partial charge on any atom is -0.306 e. The minimum atomic E-state index is 0.158. The molecular weight excluding hydrogens is 258 g/mol. The molecule has 2 aromatic rings. The van der Waals surface area contributed by atoms with Gasteiger partial charge in [-0.25, -0.2) is 4.98 Å². The number of hydrogen-bond donors (Lipinski definition) is 1.